The first-order valence-electron chi connectivity index (χ1n) is 12.1. The fourth-order valence-corrected chi connectivity index (χ4v) is 5.80. The normalized spacial score (nSPS) is 15.0. The molecular formula is C27H32F3N4OPS. The van der Waals surface area contributed by atoms with E-state index in [9.17, 15) is 13.2 Å². The van der Waals surface area contributed by atoms with Crippen LogP contribution in [-0.2, 0) is 0 Å². The van der Waals surface area contributed by atoms with Crippen molar-refractivity contribution in [2.24, 2.45) is 0 Å². The zero-order valence-electron chi connectivity index (χ0n) is 21.4. The zero-order chi connectivity index (χ0) is 26.6. The van der Waals surface area contributed by atoms with Crippen LogP contribution in [0.25, 0.3) is 5.52 Å². The molecule has 0 spiro atoms. The van der Waals surface area contributed by atoms with E-state index in [4.69, 9.17) is 4.74 Å². The van der Waals surface area contributed by atoms with Crippen molar-refractivity contribution in [2.45, 2.75) is 29.4 Å². The van der Waals surface area contributed by atoms with Crippen LogP contribution in [0.15, 0.2) is 47.6 Å². The van der Waals surface area contributed by atoms with Crippen molar-refractivity contribution in [1.29, 1.82) is 0 Å². The molecule has 4 rings (SSSR count). The van der Waals surface area contributed by atoms with Gasteiger partial charge in [0, 0.05) is 24.0 Å². The number of fused-ring (bicyclic) bond motifs is 1. The molecule has 0 unspecified atom stereocenters. The van der Waals surface area contributed by atoms with Gasteiger partial charge in [-0.3, -0.25) is 0 Å². The Morgan fingerprint density at radius 3 is 2.57 bits per heavy atom. The largest absolute Gasteiger partial charge is 0.495 e. The molecule has 0 bridgehead atoms. The molecule has 0 radical (unpaired) electrons. The summed E-state index contributed by atoms with van der Waals surface area (Å²) in [6.07, 6.45) is 3.64. The van der Waals surface area contributed by atoms with Crippen LogP contribution in [0.4, 0.5) is 24.5 Å². The Hall–Kier alpha value is -2.53. The lowest BCUT2D eigenvalue weighted by Crippen LogP contribution is -2.36. The molecule has 1 fully saturated rings. The molecule has 5 nitrogen and oxygen atoms in total. The van der Waals surface area contributed by atoms with Gasteiger partial charge >= 0.3 is 5.51 Å². The van der Waals surface area contributed by atoms with Crippen LogP contribution in [0.3, 0.4) is 0 Å². The maximum atomic E-state index is 13.5. The number of rotatable bonds is 7. The minimum atomic E-state index is -4.42. The van der Waals surface area contributed by atoms with Gasteiger partial charge in [-0.05, 0) is 81.9 Å². The van der Waals surface area contributed by atoms with Gasteiger partial charge in [0.15, 0.2) is 0 Å². The lowest BCUT2D eigenvalue weighted by molar-refractivity contribution is -0.0329. The minimum Gasteiger partial charge on any atom is -0.495 e. The summed E-state index contributed by atoms with van der Waals surface area (Å²) in [4.78, 5) is 2.28. The van der Waals surface area contributed by atoms with Gasteiger partial charge in [0.25, 0.3) is 0 Å². The Bertz CT molecular complexity index is 1290. The Labute approximate surface area is 221 Å². The van der Waals surface area contributed by atoms with Crippen LogP contribution in [0, 0.1) is 11.8 Å². The standard InChI is InChI=1S/C27H32F3N4OPS/c1-33-15-11-20(12-16-33)32-22-8-6-14-34-24(22)17-19(26(34)37-27(28,29)30)7-5-13-31-23-10-9-21(36(3)4)18-25(23)35-2/h6,8-10,14,17-18,20,31-32H,11-13,15-16H2,1-4H3. The maximum Gasteiger partial charge on any atom is 0.447 e. The third-order valence-corrected chi connectivity index (χ3v) is 8.50. The summed E-state index contributed by atoms with van der Waals surface area (Å²) in [6, 6.07) is 11.8. The number of nitrogens with one attached hydrogen (secondary N) is 2. The molecule has 10 heteroatoms. The van der Waals surface area contributed by atoms with Gasteiger partial charge in [-0.25, -0.2) is 0 Å². The molecule has 3 aromatic rings. The number of hydrogen-bond acceptors (Lipinski definition) is 5. The van der Waals surface area contributed by atoms with E-state index in [1.54, 1.807) is 29.8 Å². The molecule has 0 amide bonds. The van der Waals surface area contributed by atoms with Gasteiger partial charge < -0.3 is 24.7 Å². The topological polar surface area (TPSA) is 40.9 Å². The molecule has 2 N–H and O–H groups in total. The third-order valence-electron chi connectivity index (χ3n) is 6.35. The molecule has 1 aliphatic rings. The summed E-state index contributed by atoms with van der Waals surface area (Å²) >= 11 is -0.129. The Morgan fingerprint density at radius 1 is 1.14 bits per heavy atom. The Kier molecular flexibility index (Phi) is 8.84. The predicted molar refractivity (Wildman–Crippen MR) is 150 cm³/mol. The number of pyridine rings is 1. The first-order chi connectivity index (χ1) is 17.6. The van der Waals surface area contributed by atoms with Crippen LogP contribution in [0.2, 0.25) is 0 Å². The summed E-state index contributed by atoms with van der Waals surface area (Å²) in [6.45, 7) is 6.61. The second kappa shape index (κ2) is 11.9. The number of likely N-dealkylation sites (tertiary alicyclic amines) is 1. The number of anilines is 2. The van der Waals surface area contributed by atoms with Crippen LogP contribution in [0.5, 0.6) is 5.75 Å². The minimum absolute atomic E-state index is 0.0724. The lowest BCUT2D eigenvalue weighted by atomic mass is 10.1. The van der Waals surface area contributed by atoms with Crippen molar-refractivity contribution in [2.75, 3.05) is 57.8 Å². The molecule has 0 aliphatic carbocycles. The number of ether oxygens (including phenoxy) is 1. The molecule has 198 valence electrons. The van der Waals surface area contributed by atoms with E-state index in [-0.39, 0.29) is 37.3 Å². The molecule has 1 aliphatic heterocycles. The van der Waals surface area contributed by atoms with E-state index in [0.29, 0.717) is 11.1 Å². The number of methoxy groups -OCH3 is 1. The highest BCUT2D eigenvalue weighted by Gasteiger charge is 2.32. The van der Waals surface area contributed by atoms with Gasteiger partial charge in [-0.1, -0.05) is 25.8 Å². The van der Waals surface area contributed by atoms with Gasteiger partial charge in [0.2, 0.25) is 0 Å². The Morgan fingerprint density at radius 2 is 1.89 bits per heavy atom. The molecule has 0 atom stereocenters. The Balaban J connectivity index is 1.58. The first kappa shape index (κ1) is 27.5. The highest BCUT2D eigenvalue weighted by Crippen LogP contribution is 2.40. The number of benzene rings is 1. The van der Waals surface area contributed by atoms with Crippen molar-refractivity contribution in [3.05, 3.63) is 48.2 Å². The van der Waals surface area contributed by atoms with Crippen LogP contribution < -0.4 is 20.7 Å². The maximum absolute atomic E-state index is 13.5. The third kappa shape index (κ3) is 7.07. The second-order valence-corrected chi connectivity index (χ2v) is 12.6. The molecular weight excluding hydrogens is 516 g/mol. The average molecular weight is 549 g/mol. The quantitative estimate of drug-likeness (QED) is 0.219. The summed E-state index contributed by atoms with van der Waals surface area (Å²) < 4.78 is 47.5. The van der Waals surface area contributed by atoms with Gasteiger partial charge in [0.05, 0.1) is 36.1 Å². The molecule has 2 aromatic heterocycles. The van der Waals surface area contributed by atoms with E-state index in [2.05, 4.69) is 53.8 Å². The zero-order valence-corrected chi connectivity index (χ0v) is 23.2. The van der Waals surface area contributed by atoms with Crippen LogP contribution in [0.1, 0.15) is 18.4 Å². The van der Waals surface area contributed by atoms with E-state index in [1.807, 2.05) is 18.2 Å². The van der Waals surface area contributed by atoms with E-state index in [1.165, 1.54) is 5.30 Å². The number of piperidine rings is 1. The lowest BCUT2D eigenvalue weighted by Gasteiger charge is -2.30. The number of thioether (sulfide) groups is 1. The van der Waals surface area contributed by atoms with Crippen molar-refractivity contribution in [3.63, 3.8) is 0 Å². The SMILES string of the molecule is COc1cc(P(C)C)ccc1NCC#Cc1cc2c(NC3CCN(C)CC3)cccn2c1SC(F)(F)F. The van der Waals surface area contributed by atoms with Crippen LogP contribution in [-0.4, -0.2) is 68.0 Å². The van der Waals surface area contributed by atoms with Gasteiger partial charge in [-0.2, -0.15) is 13.2 Å². The van der Waals surface area contributed by atoms with Crippen LogP contribution >= 0.6 is 19.7 Å². The highest BCUT2D eigenvalue weighted by atomic mass is 32.2. The fraction of sp³-hybridized carbons (Fsp3) is 0.407. The summed E-state index contributed by atoms with van der Waals surface area (Å²) in [7, 11) is 3.47. The van der Waals surface area contributed by atoms with Crippen molar-refractivity contribution in [1.82, 2.24) is 9.30 Å². The molecule has 1 saturated heterocycles. The molecule has 1 aromatic carbocycles. The van der Waals surface area contributed by atoms with E-state index >= 15 is 0 Å². The number of alkyl halides is 3. The molecule has 3 heterocycles. The average Bonchev–Trinajstić information content (AvgIpc) is 3.19. The van der Waals surface area contributed by atoms with Crippen molar-refractivity contribution < 1.29 is 17.9 Å². The molecule has 0 saturated carbocycles. The second-order valence-electron chi connectivity index (χ2n) is 9.24. The van der Waals surface area contributed by atoms with Gasteiger partial charge in [0.1, 0.15) is 10.8 Å². The fourth-order valence-electron chi connectivity index (χ4n) is 4.35. The predicted octanol–water partition coefficient (Wildman–Crippen LogP) is 5.90. The van der Waals surface area contributed by atoms with E-state index in [0.717, 1.165) is 43.1 Å². The summed E-state index contributed by atoms with van der Waals surface area (Å²) in [5.41, 5.74) is -1.75. The number of halogens is 3. The van der Waals surface area contributed by atoms with Gasteiger partial charge in [-0.15, -0.1) is 0 Å². The van der Waals surface area contributed by atoms with Crippen molar-refractivity contribution >= 4 is 41.9 Å². The summed E-state index contributed by atoms with van der Waals surface area (Å²) in [5.74, 6) is 6.70. The highest BCUT2D eigenvalue weighted by molar-refractivity contribution is 8.00. The number of aromatic nitrogens is 1. The van der Waals surface area contributed by atoms with E-state index < -0.39 is 5.51 Å². The smallest absolute Gasteiger partial charge is 0.447 e. The number of nitrogens with zero attached hydrogens (tertiary/aromatic N) is 2. The monoisotopic (exact) mass is 548 g/mol. The number of hydrogen-bond donors (Lipinski definition) is 2. The summed E-state index contributed by atoms with van der Waals surface area (Å²) in [5, 5.41) is 8.08. The molecule has 37 heavy (non-hydrogen) atoms. The van der Waals surface area contributed by atoms with Crippen molar-refractivity contribution in [3.8, 4) is 17.6 Å². The first-order valence-corrected chi connectivity index (χ1v) is 15.1.